The van der Waals surface area contributed by atoms with E-state index in [4.69, 9.17) is 0 Å². The summed E-state index contributed by atoms with van der Waals surface area (Å²) in [6, 6.07) is 6.48. The lowest BCUT2D eigenvalue weighted by Crippen LogP contribution is -2.29. The van der Waals surface area contributed by atoms with Gasteiger partial charge in [0.05, 0.1) is 0 Å². The van der Waals surface area contributed by atoms with Crippen molar-refractivity contribution in [1.82, 2.24) is 0 Å². The fraction of sp³-hybridized carbons (Fsp3) is 0.333. The van der Waals surface area contributed by atoms with E-state index in [2.05, 4.69) is 15.9 Å². The highest BCUT2D eigenvalue weighted by atomic mass is 79.9. The standard InChI is InChI=1S/C12H12BrFO2/c1-7(2)11(15)10(14)12(16)8-5-3-4-6-9(8)13/h3-7,10H,1-2H3. The molecule has 0 aliphatic rings. The fourth-order valence-electron chi connectivity index (χ4n) is 1.22. The Kier molecular flexibility index (Phi) is 4.35. The van der Waals surface area contributed by atoms with Crippen LogP contribution >= 0.6 is 15.9 Å². The topological polar surface area (TPSA) is 34.1 Å². The maximum atomic E-state index is 13.6. The van der Waals surface area contributed by atoms with E-state index in [1.807, 2.05) is 0 Å². The number of alkyl halides is 1. The Morgan fingerprint density at radius 3 is 2.31 bits per heavy atom. The molecular formula is C12H12BrFO2. The van der Waals surface area contributed by atoms with E-state index in [1.54, 1.807) is 32.0 Å². The molecular weight excluding hydrogens is 275 g/mol. The summed E-state index contributed by atoms with van der Waals surface area (Å²) in [5.74, 6) is -1.95. The second kappa shape index (κ2) is 5.34. The number of carbonyl (C=O) groups excluding carboxylic acids is 2. The molecule has 0 heterocycles. The highest BCUT2D eigenvalue weighted by Crippen LogP contribution is 2.19. The lowest BCUT2D eigenvalue weighted by Gasteiger charge is -2.09. The molecule has 1 aromatic rings. The number of Topliss-reactive ketones (excluding diaryl/α,β-unsaturated/α-hetero) is 2. The van der Waals surface area contributed by atoms with Gasteiger partial charge < -0.3 is 0 Å². The van der Waals surface area contributed by atoms with Gasteiger partial charge in [0.25, 0.3) is 0 Å². The van der Waals surface area contributed by atoms with Crippen molar-refractivity contribution in [2.24, 2.45) is 5.92 Å². The number of rotatable bonds is 4. The van der Waals surface area contributed by atoms with Gasteiger partial charge in [-0.05, 0) is 6.07 Å². The number of hydrogen-bond acceptors (Lipinski definition) is 2. The lowest BCUT2D eigenvalue weighted by atomic mass is 9.98. The molecule has 0 aliphatic heterocycles. The highest BCUT2D eigenvalue weighted by Gasteiger charge is 2.29. The maximum absolute atomic E-state index is 13.6. The van der Waals surface area contributed by atoms with Crippen LogP contribution in [-0.4, -0.2) is 17.7 Å². The smallest absolute Gasteiger partial charge is 0.221 e. The zero-order valence-electron chi connectivity index (χ0n) is 9.04. The summed E-state index contributed by atoms with van der Waals surface area (Å²) in [7, 11) is 0. The lowest BCUT2D eigenvalue weighted by molar-refractivity contribution is -0.125. The van der Waals surface area contributed by atoms with Crippen molar-refractivity contribution in [3.63, 3.8) is 0 Å². The first-order valence-electron chi connectivity index (χ1n) is 4.91. The van der Waals surface area contributed by atoms with E-state index >= 15 is 0 Å². The highest BCUT2D eigenvalue weighted by molar-refractivity contribution is 9.10. The van der Waals surface area contributed by atoms with E-state index in [1.165, 1.54) is 6.07 Å². The van der Waals surface area contributed by atoms with Gasteiger partial charge in [-0.15, -0.1) is 0 Å². The van der Waals surface area contributed by atoms with Crippen molar-refractivity contribution < 1.29 is 14.0 Å². The second-order valence-corrected chi connectivity index (χ2v) is 4.62. The minimum absolute atomic E-state index is 0.198. The van der Waals surface area contributed by atoms with Gasteiger partial charge >= 0.3 is 0 Å². The van der Waals surface area contributed by atoms with Crippen molar-refractivity contribution >= 4 is 27.5 Å². The minimum atomic E-state index is -2.07. The molecule has 0 saturated heterocycles. The zero-order chi connectivity index (χ0) is 12.3. The normalized spacial score (nSPS) is 12.6. The van der Waals surface area contributed by atoms with Crippen LogP contribution in [0, 0.1) is 5.92 Å². The van der Waals surface area contributed by atoms with Crippen molar-refractivity contribution in [3.8, 4) is 0 Å². The third-order valence-corrected chi connectivity index (χ3v) is 2.88. The molecule has 0 aliphatic carbocycles. The third-order valence-electron chi connectivity index (χ3n) is 2.19. The van der Waals surface area contributed by atoms with Crippen molar-refractivity contribution in [2.45, 2.75) is 20.0 Å². The Bertz CT molecular complexity index is 415. The summed E-state index contributed by atoms with van der Waals surface area (Å²) in [5, 5.41) is 0. The van der Waals surface area contributed by atoms with E-state index in [9.17, 15) is 14.0 Å². The van der Waals surface area contributed by atoms with Crippen molar-refractivity contribution in [2.75, 3.05) is 0 Å². The molecule has 0 bridgehead atoms. The van der Waals surface area contributed by atoms with Crippen LogP contribution in [0.3, 0.4) is 0 Å². The number of halogens is 2. The maximum Gasteiger partial charge on any atom is 0.221 e. The average molecular weight is 287 g/mol. The molecule has 4 heteroatoms. The predicted octanol–water partition coefficient (Wildman–Crippen LogP) is 3.20. The first-order chi connectivity index (χ1) is 7.45. The van der Waals surface area contributed by atoms with Crippen LogP contribution < -0.4 is 0 Å². The van der Waals surface area contributed by atoms with Crippen LogP contribution in [0.2, 0.25) is 0 Å². The molecule has 0 saturated carbocycles. The molecule has 1 atom stereocenters. The van der Waals surface area contributed by atoms with Crippen LogP contribution in [0.25, 0.3) is 0 Å². The number of carbonyl (C=O) groups is 2. The van der Waals surface area contributed by atoms with Gasteiger partial charge in [0.1, 0.15) is 0 Å². The van der Waals surface area contributed by atoms with Crippen LogP contribution in [0.1, 0.15) is 24.2 Å². The summed E-state index contributed by atoms with van der Waals surface area (Å²) < 4.78 is 14.1. The minimum Gasteiger partial charge on any atom is -0.296 e. The molecule has 86 valence electrons. The van der Waals surface area contributed by atoms with Crippen LogP contribution in [0.5, 0.6) is 0 Å². The summed E-state index contributed by atoms with van der Waals surface area (Å²) in [6.45, 7) is 3.14. The van der Waals surface area contributed by atoms with E-state index < -0.39 is 23.7 Å². The molecule has 0 fully saturated rings. The molecule has 0 amide bonds. The van der Waals surface area contributed by atoms with Crippen LogP contribution in [0.4, 0.5) is 4.39 Å². The number of hydrogen-bond donors (Lipinski definition) is 0. The molecule has 2 nitrogen and oxygen atoms in total. The third kappa shape index (κ3) is 2.76. The molecule has 0 radical (unpaired) electrons. The first-order valence-corrected chi connectivity index (χ1v) is 5.71. The van der Waals surface area contributed by atoms with Gasteiger partial charge in [-0.25, -0.2) is 4.39 Å². The van der Waals surface area contributed by atoms with Crippen LogP contribution in [0.15, 0.2) is 28.7 Å². The van der Waals surface area contributed by atoms with Gasteiger partial charge in [-0.2, -0.15) is 0 Å². The Hall–Kier alpha value is -1.03. The SMILES string of the molecule is CC(C)C(=O)C(F)C(=O)c1ccccc1Br. The fourth-order valence-corrected chi connectivity index (χ4v) is 1.70. The molecule has 0 spiro atoms. The van der Waals surface area contributed by atoms with Gasteiger partial charge in [0.15, 0.2) is 5.78 Å². The number of benzene rings is 1. The van der Waals surface area contributed by atoms with E-state index in [0.717, 1.165) is 0 Å². The van der Waals surface area contributed by atoms with Crippen molar-refractivity contribution in [3.05, 3.63) is 34.3 Å². The van der Waals surface area contributed by atoms with Gasteiger partial charge in [0, 0.05) is 16.0 Å². The Morgan fingerprint density at radius 1 is 1.25 bits per heavy atom. The van der Waals surface area contributed by atoms with Gasteiger partial charge in [-0.3, -0.25) is 9.59 Å². The molecule has 1 unspecified atom stereocenters. The largest absolute Gasteiger partial charge is 0.296 e. The predicted molar refractivity (Wildman–Crippen MR) is 63.2 cm³/mol. The van der Waals surface area contributed by atoms with Crippen LogP contribution in [-0.2, 0) is 4.79 Å². The summed E-state index contributed by atoms with van der Waals surface area (Å²) in [6.07, 6.45) is -2.07. The zero-order valence-corrected chi connectivity index (χ0v) is 10.6. The van der Waals surface area contributed by atoms with Gasteiger partial charge in [0.2, 0.25) is 12.0 Å². The molecule has 1 rings (SSSR count). The second-order valence-electron chi connectivity index (χ2n) is 3.76. The summed E-state index contributed by atoms with van der Waals surface area (Å²) >= 11 is 3.15. The molecule has 0 N–H and O–H groups in total. The van der Waals surface area contributed by atoms with Crippen molar-refractivity contribution in [1.29, 1.82) is 0 Å². The molecule has 16 heavy (non-hydrogen) atoms. The molecule has 1 aromatic carbocycles. The first kappa shape index (κ1) is 13.0. The molecule has 0 aromatic heterocycles. The van der Waals surface area contributed by atoms with E-state index in [-0.39, 0.29) is 5.56 Å². The Balaban J connectivity index is 2.95. The monoisotopic (exact) mass is 286 g/mol. The van der Waals surface area contributed by atoms with E-state index in [0.29, 0.717) is 4.47 Å². The van der Waals surface area contributed by atoms with Gasteiger partial charge in [-0.1, -0.05) is 48.0 Å². The Labute approximate surface area is 102 Å². The summed E-state index contributed by atoms with van der Waals surface area (Å²) in [5.41, 5.74) is 0.198. The quantitative estimate of drug-likeness (QED) is 0.629. The average Bonchev–Trinajstić information content (AvgIpc) is 2.26. The Morgan fingerprint density at radius 2 is 1.81 bits per heavy atom. The summed E-state index contributed by atoms with van der Waals surface area (Å²) in [4.78, 5) is 23.0. The number of ketones is 2.